The van der Waals surface area contributed by atoms with E-state index < -0.39 is 0 Å². The van der Waals surface area contributed by atoms with Crippen LogP contribution in [0.2, 0.25) is 0 Å². The second-order valence-corrected chi connectivity index (χ2v) is 1.53. The number of hydrogen-bond acceptors (Lipinski definition) is 2. The number of nitrogens with zero attached hydrogens (tertiary/aromatic N) is 1. The first-order valence-electron chi connectivity index (χ1n) is 2.50. The summed E-state index contributed by atoms with van der Waals surface area (Å²) in [5.74, 6) is 0.282. The molecule has 9 heavy (non-hydrogen) atoms. The predicted octanol–water partition coefficient (Wildman–Crippen LogP) is 1.23. The molecule has 0 N–H and O–H groups in total. The van der Waals surface area contributed by atoms with E-state index in [-0.39, 0.29) is 5.88 Å². The van der Waals surface area contributed by atoms with Gasteiger partial charge in [0.15, 0.2) is 0 Å². The molecule has 0 saturated carbocycles. The van der Waals surface area contributed by atoms with Crippen LogP contribution in [0.25, 0.3) is 0 Å². The smallest absolute Gasteiger partial charge is 0.273 e. The van der Waals surface area contributed by atoms with Crippen molar-refractivity contribution in [2.24, 2.45) is 0 Å². The summed E-state index contributed by atoms with van der Waals surface area (Å²) in [7, 11) is 1.51. The lowest BCUT2D eigenvalue weighted by molar-refractivity contribution is 0.331. The minimum absolute atomic E-state index is 0.269. The molecule has 0 aromatic carbocycles. The maximum absolute atomic E-state index is 10.5. The summed E-state index contributed by atoms with van der Waals surface area (Å²) >= 11 is 0. The van der Waals surface area contributed by atoms with Crippen molar-refractivity contribution in [3.8, 4) is 11.6 Å². The van der Waals surface area contributed by atoms with Gasteiger partial charge in [0, 0.05) is 12.3 Å². The average Bonchev–Trinajstić information content (AvgIpc) is 1.88. The van der Waals surface area contributed by atoms with Crippen LogP contribution < -0.4 is 4.74 Å². The van der Waals surface area contributed by atoms with E-state index >= 15 is 0 Å². The van der Waals surface area contributed by atoms with Gasteiger partial charge in [-0.2, -0.15) is 0 Å². The van der Waals surface area contributed by atoms with Crippen LogP contribution in [0.15, 0.2) is 18.3 Å². The van der Waals surface area contributed by atoms with Crippen LogP contribution in [-0.4, -0.2) is 12.1 Å². The summed E-state index contributed by atoms with van der Waals surface area (Å²) in [4.78, 5) is 3.45. The number of pyridine rings is 1. The second kappa shape index (κ2) is 2.35. The molecule has 0 fully saturated rings. The molecule has 0 spiro atoms. The van der Waals surface area contributed by atoms with Gasteiger partial charge < -0.3 is 4.74 Å². The summed E-state index contributed by atoms with van der Waals surface area (Å²) < 4.78 is 4.76. The van der Waals surface area contributed by atoms with Crippen LogP contribution in [0.5, 0.6) is 11.6 Å². The predicted molar refractivity (Wildman–Crippen MR) is 30.9 cm³/mol. The largest absolute Gasteiger partial charge is 0.496 e. The van der Waals surface area contributed by atoms with Crippen LogP contribution in [0, 0.1) is 0 Å². The Morgan fingerprint density at radius 3 is 2.89 bits per heavy atom. The maximum atomic E-state index is 10.5. The van der Waals surface area contributed by atoms with Crippen molar-refractivity contribution in [2.45, 2.75) is 0 Å². The molecule has 3 nitrogen and oxygen atoms in total. The molecular weight excluding hydrogens is 118 g/mol. The van der Waals surface area contributed by atoms with E-state index in [1.165, 1.54) is 19.4 Å². The zero-order valence-corrected chi connectivity index (χ0v) is 5.00. The molecule has 0 amide bonds. The molecule has 0 atom stereocenters. The third-order valence-electron chi connectivity index (χ3n) is 0.942. The first kappa shape index (κ1) is 5.88. The van der Waals surface area contributed by atoms with Gasteiger partial charge in [-0.25, -0.2) is 4.98 Å². The zero-order chi connectivity index (χ0) is 6.69. The van der Waals surface area contributed by atoms with Crippen LogP contribution in [0.1, 0.15) is 0 Å². The van der Waals surface area contributed by atoms with Gasteiger partial charge in [0.05, 0.1) is 7.11 Å². The monoisotopic (exact) mass is 124 g/mol. The van der Waals surface area contributed by atoms with Crippen molar-refractivity contribution >= 4 is 0 Å². The lowest BCUT2D eigenvalue weighted by Crippen LogP contribution is -1.81. The number of ether oxygens (including phenoxy) is 1. The lowest BCUT2D eigenvalue weighted by Gasteiger charge is -1.94. The van der Waals surface area contributed by atoms with Crippen molar-refractivity contribution in [1.82, 2.24) is 4.98 Å². The van der Waals surface area contributed by atoms with Crippen LogP contribution >= 0.6 is 0 Å². The molecule has 1 aromatic heterocycles. The van der Waals surface area contributed by atoms with E-state index in [9.17, 15) is 5.11 Å². The van der Waals surface area contributed by atoms with Crippen molar-refractivity contribution in [1.29, 1.82) is 0 Å². The first-order chi connectivity index (χ1) is 4.33. The minimum atomic E-state index is -0.269. The molecule has 3 heteroatoms. The molecule has 0 unspecified atom stereocenters. The molecule has 0 saturated heterocycles. The van der Waals surface area contributed by atoms with Crippen molar-refractivity contribution in [3.63, 3.8) is 0 Å². The van der Waals surface area contributed by atoms with Crippen LogP contribution in [0.3, 0.4) is 0 Å². The second-order valence-electron chi connectivity index (χ2n) is 1.53. The number of methoxy groups -OCH3 is 1. The van der Waals surface area contributed by atoms with Crippen LogP contribution in [-0.2, 0) is 5.11 Å². The summed E-state index contributed by atoms with van der Waals surface area (Å²) in [6.07, 6.45) is 1.42. The van der Waals surface area contributed by atoms with Gasteiger partial charge in [-0.05, 0) is 6.07 Å². The summed E-state index contributed by atoms with van der Waals surface area (Å²) in [6.45, 7) is 0. The minimum Gasteiger partial charge on any atom is -0.496 e. The van der Waals surface area contributed by atoms with E-state index in [4.69, 9.17) is 4.74 Å². The summed E-state index contributed by atoms with van der Waals surface area (Å²) in [5.41, 5.74) is 0. The highest BCUT2D eigenvalue weighted by Gasteiger charge is 1.92. The molecule has 1 radical (unpaired) electrons. The Hall–Kier alpha value is -1.25. The van der Waals surface area contributed by atoms with Gasteiger partial charge >= 0.3 is 0 Å². The summed E-state index contributed by atoms with van der Waals surface area (Å²) in [5, 5.41) is 10.5. The molecule has 1 aromatic rings. The fourth-order valence-corrected chi connectivity index (χ4v) is 0.518. The first-order valence-corrected chi connectivity index (χ1v) is 2.50. The third kappa shape index (κ3) is 1.32. The lowest BCUT2D eigenvalue weighted by atomic mass is 10.4. The molecule has 0 bridgehead atoms. The van der Waals surface area contributed by atoms with Gasteiger partial charge in [-0.15, -0.1) is 0 Å². The third-order valence-corrected chi connectivity index (χ3v) is 0.942. The number of rotatable bonds is 1. The van der Waals surface area contributed by atoms with Gasteiger partial charge in [-0.3, -0.25) is 5.11 Å². The average molecular weight is 124 g/mol. The van der Waals surface area contributed by atoms with E-state index in [1.54, 1.807) is 6.07 Å². The Bertz CT molecular complexity index is 200. The highest BCUT2D eigenvalue weighted by molar-refractivity contribution is 5.24. The Morgan fingerprint density at radius 1 is 1.67 bits per heavy atom. The molecule has 0 aliphatic rings. The van der Waals surface area contributed by atoms with Gasteiger partial charge in [-0.1, -0.05) is 0 Å². The molecule has 0 aliphatic carbocycles. The van der Waals surface area contributed by atoms with Crippen molar-refractivity contribution < 1.29 is 9.84 Å². The molecule has 1 rings (SSSR count). The summed E-state index contributed by atoms with van der Waals surface area (Å²) in [6, 6.07) is 2.96. The normalized spacial score (nSPS) is 9.00. The van der Waals surface area contributed by atoms with Crippen LogP contribution in [0.4, 0.5) is 0 Å². The molecule has 1 heterocycles. The SMILES string of the molecule is COc1ccnc([O])c1. The Balaban J connectivity index is 2.94. The Labute approximate surface area is 52.9 Å². The molecule has 47 valence electrons. The maximum Gasteiger partial charge on any atom is 0.273 e. The van der Waals surface area contributed by atoms with E-state index in [0.29, 0.717) is 5.75 Å². The van der Waals surface area contributed by atoms with E-state index in [1.807, 2.05) is 0 Å². The highest BCUT2D eigenvalue weighted by Crippen LogP contribution is 2.13. The van der Waals surface area contributed by atoms with Gasteiger partial charge in [0.25, 0.3) is 5.88 Å². The van der Waals surface area contributed by atoms with Crippen molar-refractivity contribution in [2.75, 3.05) is 7.11 Å². The van der Waals surface area contributed by atoms with E-state index in [0.717, 1.165) is 0 Å². The van der Waals surface area contributed by atoms with Gasteiger partial charge in [0.2, 0.25) is 0 Å². The zero-order valence-electron chi connectivity index (χ0n) is 5.00. The molecular formula is C6H6NO2. The Kier molecular flexibility index (Phi) is 1.53. The topological polar surface area (TPSA) is 42.0 Å². The fourth-order valence-electron chi connectivity index (χ4n) is 0.518. The number of hydrogen-bond donors (Lipinski definition) is 0. The quantitative estimate of drug-likeness (QED) is 0.565. The molecule has 0 aliphatic heterocycles. The van der Waals surface area contributed by atoms with Gasteiger partial charge in [0.1, 0.15) is 5.75 Å². The highest BCUT2D eigenvalue weighted by atomic mass is 16.5. The van der Waals surface area contributed by atoms with E-state index in [2.05, 4.69) is 4.98 Å². The fraction of sp³-hybridized carbons (Fsp3) is 0.167. The number of aromatic nitrogens is 1. The Morgan fingerprint density at radius 2 is 2.44 bits per heavy atom. The standard InChI is InChI=1S/C6H6NO2/c1-9-5-2-3-7-6(8)4-5/h2-4H,1H3. The van der Waals surface area contributed by atoms with Crippen molar-refractivity contribution in [3.05, 3.63) is 18.3 Å².